The van der Waals surface area contributed by atoms with Crippen LogP contribution in [-0.4, -0.2) is 38.9 Å². The smallest absolute Gasteiger partial charge is 0.222 e. The van der Waals surface area contributed by atoms with Gasteiger partial charge in [-0.1, -0.05) is 18.2 Å². The molecule has 0 radical (unpaired) electrons. The summed E-state index contributed by atoms with van der Waals surface area (Å²) in [5.74, 6) is 1.16. The molecule has 116 valence electrons. The first-order chi connectivity index (χ1) is 11.2. The van der Waals surface area contributed by atoms with Gasteiger partial charge in [0.1, 0.15) is 5.82 Å². The third-order valence-electron chi connectivity index (χ3n) is 4.55. The van der Waals surface area contributed by atoms with Gasteiger partial charge >= 0.3 is 0 Å². The van der Waals surface area contributed by atoms with Crippen LogP contribution in [0.4, 0.5) is 0 Å². The molecule has 0 bridgehead atoms. The minimum absolute atomic E-state index is 0.220. The van der Waals surface area contributed by atoms with Crippen molar-refractivity contribution >= 4 is 16.8 Å². The lowest BCUT2D eigenvalue weighted by atomic mass is 10.0. The van der Waals surface area contributed by atoms with Gasteiger partial charge in [-0.05, 0) is 18.6 Å². The summed E-state index contributed by atoms with van der Waals surface area (Å²) in [5.41, 5.74) is 2.05. The van der Waals surface area contributed by atoms with Crippen LogP contribution in [0.25, 0.3) is 22.3 Å². The zero-order chi connectivity index (χ0) is 15.8. The van der Waals surface area contributed by atoms with Crippen LogP contribution in [0, 0.1) is 0 Å². The standard InChI is InChI=1S/C18H18N4O/c1-21-12-13(7-8-17(21)23)22-11-10-20-18(22)15-4-2-6-16-14(15)5-3-9-19-16/h2-6,9-11,13H,7-8,12H2,1H3. The first kappa shape index (κ1) is 13.9. The van der Waals surface area contributed by atoms with Gasteiger partial charge < -0.3 is 9.47 Å². The Kier molecular flexibility index (Phi) is 3.33. The molecule has 0 spiro atoms. The molecule has 4 rings (SSSR count). The van der Waals surface area contributed by atoms with E-state index < -0.39 is 0 Å². The monoisotopic (exact) mass is 306 g/mol. The largest absolute Gasteiger partial charge is 0.344 e. The number of hydrogen-bond acceptors (Lipinski definition) is 3. The number of rotatable bonds is 2. The molecule has 1 unspecified atom stereocenters. The van der Waals surface area contributed by atoms with Gasteiger partial charge in [0.05, 0.1) is 11.6 Å². The maximum absolute atomic E-state index is 11.7. The average molecular weight is 306 g/mol. The van der Waals surface area contributed by atoms with Crippen LogP contribution in [0.5, 0.6) is 0 Å². The number of fused-ring (bicyclic) bond motifs is 1. The van der Waals surface area contributed by atoms with Gasteiger partial charge in [0, 0.05) is 49.6 Å². The van der Waals surface area contributed by atoms with Crippen LogP contribution < -0.4 is 0 Å². The highest BCUT2D eigenvalue weighted by Gasteiger charge is 2.26. The molecule has 0 N–H and O–H groups in total. The second-order valence-electron chi connectivity index (χ2n) is 6.00. The van der Waals surface area contributed by atoms with Crippen molar-refractivity contribution in [3.63, 3.8) is 0 Å². The number of piperidine rings is 1. The van der Waals surface area contributed by atoms with E-state index in [1.54, 1.807) is 6.20 Å². The number of pyridine rings is 1. The van der Waals surface area contributed by atoms with Crippen LogP contribution in [-0.2, 0) is 4.79 Å². The van der Waals surface area contributed by atoms with E-state index >= 15 is 0 Å². The summed E-state index contributed by atoms with van der Waals surface area (Å²) in [4.78, 5) is 22.6. The van der Waals surface area contributed by atoms with Crippen LogP contribution in [0.15, 0.2) is 48.9 Å². The van der Waals surface area contributed by atoms with Gasteiger partial charge in [0.15, 0.2) is 0 Å². The van der Waals surface area contributed by atoms with E-state index in [9.17, 15) is 4.79 Å². The zero-order valence-electron chi connectivity index (χ0n) is 13.0. The number of hydrogen-bond donors (Lipinski definition) is 0. The number of likely N-dealkylation sites (N-methyl/N-ethyl adjacent to an activating group) is 1. The number of likely N-dealkylation sites (tertiary alicyclic amines) is 1. The minimum Gasteiger partial charge on any atom is -0.344 e. The van der Waals surface area contributed by atoms with Gasteiger partial charge in [-0.25, -0.2) is 4.98 Å². The topological polar surface area (TPSA) is 51.0 Å². The highest BCUT2D eigenvalue weighted by Crippen LogP contribution is 2.31. The van der Waals surface area contributed by atoms with Crippen molar-refractivity contribution in [2.24, 2.45) is 0 Å². The quantitative estimate of drug-likeness (QED) is 0.731. The molecule has 1 aromatic carbocycles. The Morgan fingerprint density at radius 1 is 1.13 bits per heavy atom. The molecule has 3 heterocycles. The fourth-order valence-corrected chi connectivity index (χ4v) is 3.33. The highest BCUT2D eigenvalue weighted by atomic mass is 16.2. The summed E-state index contributed by atoms with van der Waals surface area (Å²) in [6.07, 6.45) is 7.10. The second-order valence-corrected chi connectivity index (χ2v) is 6.00. The number of aromatic nitrogens is 3. The molecule has 5 nitrogen and oxygen atoms in total. The van der Waals surface area contributed by atoms with E-state index in [-0.39, 0.29) is 11.9 Å². The van der Waals surface area contributed by atoms with Crippen molar-refractivity contribution in [1.82, 2.24) is 19.4 Å². The average Bonchev–Trinajstić information content (AvgIpc) is 3.06. The second kappa shape index (κ2) is 5.50. The maximum Gasteiger partial charge on any atom is 0.222 e. The van der Waals surface area contributed by atoms with E-state index in [0.29, 0.717) is 6.42 Å². The summed E-state index contributed by atoms with van der Waals surface area (Å²) >= 11 is 0. The van der Waals surface area contributed by atoms with E-state index in [0.717, 1.165) is 35.3 Å². The molecule has 2 aromatic heterocycles. The summed E-state index contributed by atoms with van der Waals surface area (Å²) in [6, 6.07) is 10.4. The van der Waals surface area contributed by atoms with Crippen LogP contribution in [0.1, 0.15) is 18.9 Å². The predicted octanol–water partition coefficient (Wildman–Crippen LogP) is 2.89. The third kappa shape index (κ3) is 2.38. The molecule has 3 aromatic rings. The van der Waals surface area contributed by atoms with Crippen molar-refractivity contribution in [2.45, 2.75) is 18.9 Å². The zero-order valence-corrected chi connectivity index (χ0v) is 13.0. The lowest BCUT2D eigenvalue weighted by Crippen LogP contribution is -2.37. The molecular formula is C18H18N4O. The van der Waals surface area contributed by atoms with E-state index in [2.05, 4.69) is 26.7 Å². The Morgan fingerprint density at radius 2 is 2.04 bits per heavy atom. The van der Waals surface area contributed by atoms with Gasteiger partial charge in [0.2, 0.25) is 5.91 Å². The van der Waals surface area contributed by atoms with Gasteiger partial charge in [0.25, 0.3) is 0 Å². The lowest BCUT2D eigenvalue weighted by Gasteiger charge is -2.31. The molecule has 0 saturated carbocycles. The molecule has 1 aliphatic rings. The van der Waals surface area contributed by atoms with Gasteiger partial charge in [-0.3, -0.25) is 9.78 Å². The third-order valence-corrected chi connectivity index (χ3v) is 4.55. The van der Waals surface area contributed by atoms with Crippen molar-refractivity contribution in [3.05, 3.63) is 48.9 Å². The SMILES string of the molecule is CN1CC(n2ccnc2-c2cccc3ncccc23)CCC1=O. The number of benzene rings is 1. The number of carbonyl (C=O) groups is 1. The molecule has 1 amide bonds. The molecule has 1 atom stereocenters. The van der Waals surface area contributed by atoms with E-state index in [1.165, 1.54) is 0 Å². The predicted molar refractivity (Wildman–Crippen MR) is 88.9 cm³/mol. The molecule has 1 saturated heterocycles. The molecule has 5 heteroatoms. The van der Waals surface area contributed by atoms with E-state index in [1.807, 2.05) is 42.5 Å². The van der Waals surface area contributed by atoms with Gasteiger partial charge in [-0.15, -0.1) is 0 Å². The first-order valence-corrected chi connectivity index (χ1v) is 7.85. The Morgan fingerprint density at radius 3 is 2.91 bits per heavy atom. The molecular weight excluding hydrogens is 288 g/mol. The van der Waals surface area contributed by atoms with Crippen LogP contribution in [0.3, 0.4) is 0 Å². The van der Waals surface area contributed by atoms with Gasteiger partial charge in [-0.2, -0.15) is 0 Å². The lowest BCUT2D eigenvalue weighted by molar-refractivity contribution is -0.132. The van der Waals surface area contributed by atoms with Crippen LogP contribution >= 0.6 is 0 Å². The fourth-order valence-electron chi connectivity index (χ4n) is 3.33. The highest BCUT2D eigenvalue weighted by molar-refractivity contribution is 5.92. The van der Waals surface area contributed by atoms with Crippen molar-refractivity contribution < 1.29 is 4.79 Å². The number of amides is 1. The number of carbonyl (C=O) groups excluding carboxylic acids is 1. The maximum atomic E-state index is 11.7. The Bertz CT molecular complexity index is 865. The first-order valence-electron chi connectivity index (χ1n) is 7.85. The molecule has 1 fully saturated rings. The molecule has 0 aliphatic carbocycles. The van der Waals surface area contributed by atoms with Crippen molar-refractivity contribution in [1.29, 1.82) is 0 Å². The minimum atomic E-state index is 0.220. The fraction of sp³-hybridized carbons (Fsp3) is 0.278. The summed E-state index contributed by atoms with van der Waals surface area (Å²) in [5, 5.41) is 1.10. The number of imidazole rings is 1. The molecule has 23 heavy (non-hydrogen) atoms. The normalized spacial score (nSPS) is 18.6. The van der Waals surface area contributed by atoms with Crippen molar-refractivity contribution in [2.75, 3.05) is 13.6 Å². The Balaban J connectivity index is 1.79. The summed E-state index contributed by atoms with van der Waals surface area (Å²) in [7, 11) is 1.87. The van der Waals surface area contributed by atoms with E-state index in [4.69, 9.17) is 0 Å². The van der Waals surface area contributed by atoms with Crippen LogP contribution in [0.2, 0.25) is 0 Å². The Labute approximate surface area is 134 Å². The Hall–Kier alpha value is -2.69. The molecule has 1 aliphatic heterocycles. The van der Waals surface area contributed by atoms with Crippen molar-refractivity contribution in [3.8, 4) is 11.4 Å². The number of nitrogens with zero attached hydrogens (tertiary/aromatic N) is 4. The summed E-state index contributed by atoms with van der Waals surface area (Å²) in [6.45, 7) is 0.727. The summed E-state index contributed by atoms with van der Waals surface area (Å²) < 4.78 is 2.20.